The van der Waals surface area contributed by atoms with Crippen molar-refractivity contribution in [2.75, 3.05) is 57.4 Å². The standard InChI is InChI=1S/C38H52ClN3O5S/c1-26-6-4-7-30(22-41-16-18-46-19-17-41)32-13-15-37(32,3)23-42-24-38(14-5-8-28-20-31(39)10-11-33(28)38)25-47-35-12-9-29(21-34(35)42)36(43)40-48(44,45)27(26)2/h9-12,20-21,26-27,30,32H,4-8,13-19,22-25H2,1-3H3,(H,40,43)/t26-,27+,30+,32-,37?,38-/m0/s1. The molecule has 7 rings (SSSR count). The van der Waals surface area contributed by atoms with Gasteiger partial charge in [-0.1, -0.05) is 37.9 Å². The Bertz CT molecular complexity index is 1630. The first kappa shape index (κ1) is 34.1. The molecular formula is C38H52ClN3O5S. The molecule has 2 aromatic carbocycles. The number of nitrogens with zero attached hydrogens (tertiary/aromatic N) is 2. The third-order valence-corrected chi connectivity index (χ3v) is 14.8. The number of hydrogen-bond donors (Lipinski definition) is 1. The topological polar surface area (TPSA) is 88.2 Å². The summed E-state index contributed by atoms with van der Waals surface area (Å²) in [5.41, 5.74) is 3.69. The van der Waals surface area contributed by atoms with Gasteiger partial charge in [0.1, 0.15) is 5.75 Å². The fourth-order valence-electron chi connectivity index (χ4n) is 9.53. The van der Waals surface area contributed by atoms with Gasteiger partial charge >= 0.3 is 0 Å². The SMILES string of the molecule is C[C@@H]1[C@@H](C)CCC[C@H](CN2CCOCC2)[C@@H]2CCC2(C)CN2C[C@@]3(CCCc4cc(Cl)ccc43)COc3ccc(cc32)C(=O)NS1(=O)=O. The number of carbonyl (C=O) groups is 1. The number of amides is 1. The Morgan fingerprint density at radius 2 is 1.81 bits per heavy atom. The van der Waals surface area contributed by atoms with Crippen LogP contribution in [0, 0.1) is 23.2 Å². The van der Waals surface area contributed by atoms with Crippen LogP contribution in [0.5, 0.6) is 5.75 Å². The number of hydrogen-bond acceptors (Lipinski definition) is 7. The van der Waals surface area contributed by atoms with Crippen LogP contribution in [-0.4, -0.2) is 77.0 Å². The van der Waals surface area contributed by atoms with E-state index in [1.54, 1.807) is 13.0 Å². The van der Waals surface area contributed by atoms with Gasteiger partial charge in [-0.3, -0.25) is 9.69 Å². The zero-order valence-corrected chi connectivity index (χ0v) is 30.4. The highest BCUT2D eigenvalue weighted by Gasteiger charge is 2.50. The lowest BCUT2D eigenvalue weighted by Crippen LogP contribution is -2.55. The van der Waals surface area contributed by atoms with Gasteiger partial charge in [-0.25, -0.2) is 13.1 Å². The summed E-state index contributed by atoms with van der Waals surface area (Å²) in [6.45, 7) is 13.0. The molecule has 3 heterocycles. The van der Waals surface area contributed by atoms with Gasteiger partial charge < -0.3 is 14.4 Å². The molecule has 1 N–H and O–H groups in total. The molecule has 0 aromatic heterocycles. The number of fused-ring (bicyclic) bond motifs is 4. The van der Waals surface area contributed by atoms with E-state index in [1.807, 2.05) is 25.1 Å². The summed E-state index contributed by atoms with van der Waals surface area (Å²) in [6.07, 6.45) is 8.30. The summed E-state index contributed by atoms with van der Waals surface area (Å²) < 4.78 is 41.8. The summed E-state index contributed by atoms with van der Waals surface area (Å²) in [7, 11) is -3.87. The fraction of sp³-hybridized carbons (Fsp3) is 0.658. The number of ether oxygens (including phenoxy) is 2. The first-order valence-electron chi connectivity index (χ1n) is 18.1. The summed E-state index contributed by atoms with van der Waals surface area (Å²) in [4.78, 5) is 18.7. The maximum absolute atomic E-state index is 13.6. The van der Waals surface area contributed by atoms with Crippen molar-refractivity contribution in [1.82, 2.24) is 9.62 Å². The van der Waals surface area contributed by atoms with Crippen LogP contribution in [-0.2, 0) is 26.6 Å². The number of morpholine rings is 1. The van der Waals surface area contributed by atoms with Crippen molar-refractivity contribution >= 4 is 33.2 Å². The van der Waals surface area contributed by atoms with Crippen molar-refractivity contribution < 1.29 is 22.7 Å². The monoisotopic (exact) mass is 697 g/mol. The van der Waals surface area contributed by atoms with E-state index >= 15 is 0 Å². The Kier molecular flexibility index (Phi) is 9.54. The summed E-state index contributed by atoms with van der Waals surface area (Å²) in [5.74, 6) is 1.17. The van der Waals surface area contributed by atoms with Crippen molar-refractivity contribution in [2.24, 2.45) is 23.2 Å². The van der Waals surface area contributed by atoms with Gasteiger partial charge in [-0.2, -0.15) is 0 Å². The van der Waals surface area contributed by atoms with Crippen molar-refractivity contribution in [3.63, 3.8) is 0 Å². The highest BCUT2D eigenvalue weighted by Crippen LogP contribution is 2.54. The summed E-state index contributed by atoms with van der Waals surface area (Å²) >= 11 is 6.48. The van der Waals surface area contributed by atoms with Crippen LogP contribution in [0.15, 0.2) is 36.4 Å². The van der Waals surface area contributed by atoms with Crippen LogP contribution in [0.25, 0.3) is 0 Å². The maximum atomic E-state index is 13.6. The highest BCUT2D eigenvalue weighted by molar-refractivity contribution is 7.90. The minimum absolute atomic E-state index is 0.0691. The molecule has 1 saturated carbocycles. The highest BCUT2D eigenvalue weighted by atomic mass is 35.5. The molecular weight excluding hydrogens is 646 g/mol. The smallest absolute Gasteiger partial charge is 0.264 e. The average molecular weight is 698 g/mol. The van der Waals surface area contributed by atoms with Gasteiger partial charge in [-0.05, 0) is 116 Å². The fourth-order valence-corrected chi connectivity index (χ4v) is 11.0. The molecule has 1 unspecified atom stereocenters. The Morgan fingerprint density at radius 3 is 2.58 bits per heavy atom. The van der Waals surface area contributed by atoms with Crippen LogP contribution in [0.3, 0.4) is 0 Å². The number of anilines is 1. The van der Waals surface area contributed by atoms with Crippen LogP contribution < -0.4 is 14.4 Å². The molecule has 2 aliphatic carbocycles. The van der Waals surface area contributed by atoms with E-state index in [4.69, 9.17) is 21.1 Å². The third kappa shape index (κ3) is 6.61. The second kappa shape index (κ2) is 13.4. The molecule has 6 atom stereocenters. The number of benzene rings is 2. The van der Waals surface area contributed by atoms with Gasteiger partial charge in [-0.15, -0.1) is 0 Å². The van der Waals surface area contributed by atoms with Crippen molar-refractivity contribution in [2.45, 2.75) is 82.8 Å². The van der Waals surface area contributed by atoms with Gasteiger partial charge in [0.2, 0.25) is 10.0 Å². The average Bonchev–Trinajstić information content (AvgIpc) is 3.20. The molecule has 10 heteroatoms. The van der Waals surface area contributed by atoms with E-state index in [2.05, 4.69) is 33.6 Å². The Labute approximate surface area is 291 Å². The summed E-state index contributed by atoms with van der Waals surface area (Å²) in [6, 6.07) is 11.8. The molecule has 3 aliphatic heterocycles. The number of carbonyl (C=O) groups excluding carboxylic acids is 1. The molecule has 1 spiro atoms. The van der Waals surface area contributed by atoms with Crippen LogP contribution in [0.4, 0.5) is 5.69 Å². The normalized spacial score (nSPS) is 34.2. The molecule has 2 bridgehead atoms. The van der Waals surface area contributed by atoms with Crippen LogP contribution in [0.1, 0.15) is 87.2 Å². The van der Waals surface area contributed by atoms with Gasteiger partial charge in [0.15, 0.2) is 0 Å². The Morgan fingerprint density at radius 1 is 1.00 bits per heavy atom. The maximum Gasteiger partial charge on any atom is 0.264 e. The Balaban J connectivity index is 1.29. The second-order valence-electron chi connectivity index (χ2n) is 15.8. The van der Waals surface area contributed by atoms with Gasteiger partial charge in [0.25, 0.3) is 5.91 Å². The second-order valence-corrected chi connectivity index (χ2v) is 18.3. The number of sulfonamides is 1. The zero-order valence-electron chi connectivity index (χ0n) is 28.8. The van der Waals surface area contributed by atoms with Crippen molar-refractivity contribution in [3.8, 4) is 5.75 Å². The van der Waals surface area contributed by atoms with E-state index in [1.165, 1.54) is 17.5 Å². The number of halogens is 1. The lowest BCUT2D eigenvalue weighted by molar-refractivity contribution is -0.0274. The first-order valence-corrected chi connectivity index (χ1v) is 20.1. The number of nitrogens with one attached hydrogen (secondary N) is 1. The molecule has 1 saturated heterocycles. The molecule has 0 radical (unpaired) electrons. The summed E-state index contributed by atoms with van der Waals surface area (Å²) in [5, 5.41) is 0.0838. The predicted octanol–water partition coefficient (Wildman–Crippen LogP) is 6.45. The van der Waals surface area contributed by atoms with E-state index in [-0.39, 0.29) is 16.7 Å². The number of rotatable bonds is 2. The minimum Gasteiger partial charge on any atom is -0.490 e. The molecule has 5 aliphatic rings. The van der Waals surface area contributed by atoms with Gasteiger partial charge in [0.05, 0.1) is 30.8 Å². The molecule has 48 heavy (non-hydrogen) atoms. The lowest BCUT2D eigenvalue weighted by Gasteiger charge is -2.55. The quantitative estimate of drug-likeness (QED) is 0.386. The van der Waals surface area contributed by atoms with Crippen molar-refractivity contribution in [3.05, 3.63) is 58.1 Å². The van der Waals surface area contributed by atoms with Crippen LogP contribution in [0.2, 0.25) is 5.02 Å². The van der Waals surface area contributed by atoms with E-state index in [0.29, 0.717) is 24.0 Å². The minimum atomic E-state index is -3.87. The van der Waals surface area contributed by atoms with Crippen molar-refractivity contribution in [1.29, 1.82) is 0 Å². The molecule has 1 amide bonds. The van der Waals surface area contributed by atoms with E-state index in [9.17, 15) is 13.2 Å². The third-order valence-electron chi connectivity index (χ3n) is 12.7. The Hall–Kier alpha value is -2.33. The largest absolute Gasteiger partial charge is 0.490 e. The molecule has 2 fully saturated rings. The van der Waals surface area contributed by atoms with Crippen LogP contribution >= 0.6 is 11.6 Å². The van der Waals surface area contributed by atoms with Gasteiger partial charge in [0, 0.05) is 48.7 Å². The zero-order chi connectivity index (χ0) is 33.7. The van der Waals surface area contributed by atoms with E-state index in [0.717, 1.165) is 107 Å². The lowest BCUT2D eigenvalue weighted by atomic mass is 9.55. The molecule has 2 aromatic rings. The first-order chi connectivity index (χ1) is 23.0. The molecule has 262 valence electrons. The molecule has 8 nitrogen and oxygen atoms in total. The van der Waals surface area contributed by atoms with E-state index < -0.39 is 21.2 Å². The number of aryl methyl sites for hydroxylation is 1. The predicted molar refractivity (Wildman–Crippen MR) is 191 cm³/mol.